The largest absolute Gasteiger partial charge is 0.311 e. The Labute approximate surface area is 112 Å². The van der Waals surface area contributed by atoms with Crippen LogP contribution in [0.25, 0.3) is 11.3 Å². The van der Waals surface area contributed by atoms with Crippen molar-refractivity contribution in [1.82, 2.24) is 10.3 Å². The van der Waals surface area contributed by atoms with Gasteiger partial charge in [0.1, 0.15) is 5.01 Å². The molecule has 2 aromatic rings. The lowest BCUT2D eigenvalue weighted by atomic mass is 9.86. The molecule has 1 aromatic carbocycles. The first-order chi connectivity index (χ1) is 8.79. The van der Waals surface area contributed by atoms with Crippen LogP contribution in [0.2, 0.25) is 0 Å². The smallest absolute Gasteiger partial charge is 0.107 e. The van der Waals surface area contributed by atoms with Gasteiger partial charge in [-0.05, 0) is 24.4 Å². The van der Waals surface area contributed by atoms with Crippen molar-refractivity contribution in [2.24, 2.45) is 0 Å². The monoisotopic (exact) mass is 258 g/mol. The van der Waals surface area contributed by atoms with Crippen LogP contribution in [0.3, 0.4) is 0 Å². The van der Waals surface area contributed by atoms with Crippen LogP contribution in [0, 0.1) is 0 Å². The molecule has 0 bridgehead atoms. The maximum absolute atomic E-state index is 4.82. The molecule has 0 amide bonds. The minimum absolute atomic E-state index is 0.612. The van der Waals surface area contributed by atoms with Crippen LogP contribution in [-0.2, 0) is 13.0 Å². The van der Waals surface area contributed by atoms with Crippen molar-refractivity contribution in [1.29, 1.82) is 0 Å². The van der Waals surface area contributed by atoms with Crippen molar-refractivity contribution in [2.75, 3.05) is 6.54 Å². The van der Waals surface area contributed by atoms with E-state index < -0.39 is 0 Å². The van der Waals surface area contributed by atoms with Gasteiger partial charge in [0, 0.05) is 17.0 Å². The zero-order valence-electron chi connectivity index (χ0n) is 10.9. The molecule has 3 heteroatoms. The van der Waals surface area contributed by atoms with Gasteiger partial charge < -0.3 is 5.32 Å². The Morgan fingerprint density at radius 2 is 2.22 bits per heavy atom. The number of hydrogen-bond donors (Lipinski definition) is 1. The highest BCUT2D eigenvalue weighted by Gasteiger charge is 2.24. The molecule has 0 radical (unpaired) electrons. The summed E-state index contributed by atoms with van der Waals surface area (Å²) in [5.41, 5.74) is 4.01. The summed E-state index contributed by atoms with van der Waals surface area (Å²) in [5.74, 6) is 0.612. The molecule has 1 aliphatic rings. The fourth-order valence-corrected chi connectivity index (χ4v) is 3.77. The van der Waals surface area contributed by atoms with E-state index in [-0.39, 0.29) is 0 Å². The molecule has 1 heterocycles. The van der Waals surface area contributed by atoms with Crippen LogP contribution in [0.15, 0.2) is 24.3 Å². The fraction of sp³-hybridized carbons (Fsp3) is 0.400. The second-order valence-corrected chi connectivity index (χ2v) is 6.02. The van der Waals surface area contributed by atoms with Crippen LogP contribution in [0.4, 0.5) is 0 Å². The summed E-state index contributed by atoms with van der Waals surface area (Å²) in [6.45, 7) is 6.33. The molecule has 18 heavy (non-hydrogen) atoms. The van der Waals surface area contributed by atoms with E-state index in [1.54, 1.807) is 0 Å². The number of rotatable bonds is 3. The van der Waals surface area contributed by atoms with Gasteiger partial charge in [0.15, 0.2) is 0 Å². The van der Waals surface area contributed by atoms with E-state index in [1.807, 2.05) is 11.3 Å². The molecule has 3 rings (SSSR count). The van der Waals surface area contributed by atoms with Crippen molar-refractivity contribution >= 4 is 11.3 Å². The third-order valence-corrected chi connectivity index (χ3v) is 4.58. The average molecular weight is 258 g/mol. The van der Waals surface area contributed by atoms with Gasteiger partial charge in [0.2, 0.25) is 0 Å². The average Bonchev–Trinajstić information content (AvgIpc) is 2.80. The van der Waals surface area contributed by atoms with E-state index in [0.29, 0.717) is 5.92 Å². The maximum atomic E-state index is 4.82. The number of aromatic nitrogens is 1. The van der Waals surface area contributed by atoms with Gasteiger partial charge in [0.05, 0.1) is 5.69 Å². The molecule has 1 atom stereocenters. The van der Waals surface area contributed by atoms with Gasteiger partial charge in [-0.2, -0.15) is 0 Å². The molecule has 0 saturated heterocycles. The van der Waals surface area contributed by atoms with Crippen molar-refractivity contribution in [3.8, 4) is 11.3 Å². The molecular formula is C15H18N2S. The van der Waals surface area contributed by atoms with Gasteiger partial charge in [-0.3, -0.25) is 0 Å². The van der Waals surface area contributed by atoms with Crippen molar-refractivity contribution in [3.05, 3.63) is 39.7 Å². The molecule has 1 aliphatic carbocycles. The molecule has 0 aliphatic heterocycles. The summed E-state index contributed by atoms with van der Waals surface area (Å²) in [5, 5.41) is 4.57. The number of nitrogens with one attached hydrogen (secondary N) is 1. The molecule has 0 saturated carbocycles. The highest BCUT2D eigenvalue weighted by Crippen LogP contribution is 2.41. The lowest BCUT2D eigenvalue weighted by molar-refractivity contribution is 0.722. The van der Waals surface area contributed by atoms with E-state index in [1.165, 1.54) is 26.7 Å². The van der Waals surface area contributed by atoms with E-state index in [2.05, 4.69) is 43.4 Å². The van der Waals surface area contributed by atoms with Gasteiger partial charge in [-0.1, -0.05) is 38.1 Å². The summed E-state index contributed by atoms with van der Waals surface area (Å²) in [7, 11) is 0. The van der Waals surface area contributed by atoms with Gasteiger partial charge in [-0.15, -0.1) is 11.3 Å². The highest BCUT2D eigenvalue weighted by molar-refractivity contribution is 7.12. The van der Waals surface area contributed by atoms with Crippen LogP contribution in [0.5, 0.6) is 0 Å². The minimum atomic E-state index is 0.612. The third-order valence-electron chi connectivity index (χ3n) is 3.51. The molecule has 0 fully saturated rings. The Morgan fingerprint density at radius 3 is 3.06 bits per heavy atom. The van der Waals surface area contributed by atoms with Crippen LogP contribution >= 0.6 is 11.3 Å². The summed E-state index contributed by atoms with van der Waals surface area (Å²) in [6, 6.07) is 8.70. The van der Waals surface area contributed by atoms with E-state index >= 15 is 0 Å². The quantitative estimate of drug-likeness (QED) is 0.910. The number of nitrogens with zero attached hydrogens (tertiary/aromatic N) is 1. The van der Waals surface area contributed by atoms with E-state index in [9.17, 15) is 0 Å². The predicted octanol–water partition coefficient (Wildman–Crippen LogP) is 3.58. The van der Waals surface area contributed by atoms with Crippen LogP contribution < -0.4 is 5.32 Å². The maximum Gasteiger partial charge on any atom is 0.107 e. The summed E-state index contributed by atoms with van der Waals surface area (Å²) in [6.07, 6.45) is 1.14. The SMILES string of the molecule is CCNCc1nc2c(s1)CC(C)c1ccccc1-2. The third kappa shape index (κ3) is 1.98. The Morgan fingerprint density at radius 1 is 1.39 bits per heavy atom. The number of benzene rings is 1. The molecule has 0 spiro atoms. The lowest BCUT2D eigenvalue weighted by Crippen LogP contribution is -2.11. The molecule has 2 nitrogen and oxygen atoms in total. The lowest BCUT2D eigenvalue weighted by Gasteiger charge is -2.21. The van der Waals surface area contributed by atoms with E-state index in [0.717, 1.165) is 19.5 Å². The fourth-order valence-electron chi connectivity index (χ4n) is 2.59. The summed E-state index contributed by atoms with van der Waals surface area (Å²) < 4.78 is 0. The van der Waals surface area contributed by atoms with Gasteiger partial charge in [-0.25, -0.2) is 4.98 Å². The zero-order valence-corrected chi connectivity index (χ0v) is 11.7. The first-order valence-corrected chi connectivity index (χ1v) is 7.39. The second-order valence-electron chi connectivity index (χ2n) is 4.85. The molecule has 1 N–H and O–H groups in total. The van der Waals surface area contributed by atoms with Gasteiger partial charge in [0.25, 0.3) is 0 Å². The number of hydrogen-bond acceptors (Lipinski definition) is 3. The molecule has 1 unspecified atom stereocenters. The summed E-state index contributed by atoms with van der Waals surface area (Å²) in [4.78, 5) is 6.27. The summed E-state index contributed by atoms with van der Waals surface area (Å²) >= 11 is 1.87. The Hall–Kier alpha value is -1.19. The number of fused-ring (bicyclic) bond motifs is 3. The first-order valence-electron chi connectivity index (χ1n) is 6.58. The Balaban J connectivity index is 2.02. The number of thiazole rings is 1. The predicted molar refractivity (Wildman–Crippen MR) is 77.0 cm³/mol. The van der Waals surface area contributed by atoms with Crippen molar-refractivity contribution < 1.29 is 0 Å². The standard InChI is InChI=1S/C15H18N2S/c1-3-16-9-14-17-15-12-7-5-4-6-11(12)10(2)8-13(15)18-14/h4-7,10,16H,3,8-9H2,1-2H3. The van der Waals surface area contributed by atoms with Crippen molar-refractivity contribution in [2.45, 2.75) is 32.7 Å². The molecule has 94 valence electrons. The zero-order chi connectivity index (χ0) is 12.5. The molecule has 1 aromatic heterocycles. The highest BCUT2D eigenvalue weighted by atomic mass is 32.1. The first kappa shape index (κ1) is 11.9. The Kier molecular flexibility index (Phi) is 3.18. The van der Waals surface area contributed by atoms with Crippen LogP contribution in [0.1, 0.15) is 35.2 Å². The normalized spacial score (nSPS) is 17.3. The van der Waals surface area contributed by atoms with Crippen molar-refractivity contribution in [3.63, 3.8) is 0 Å². The van der Waals surface area contributed by atoms with Gasteiger partial charge >= 0.3 is 0 Å². The second kappa shape index (κ2) is 4.82. The van der Waals surface area contributed by atoms with E-state index in [4.69, 9.17) is 4.98 Å². The minimum Gasteiger partial charge on any atom is -0.311 e. The Bertz CT molecular complexity index is 559. The topological polar surface area (TPSA) is 24.9 Å². The molecular weight excluding hydrogens is 240 g/mol. The van der Waals surface area contributed by atoms with Crippen LogP contribution in [-0.4, -0.2) is 11.5 Å².